The first-order valence-corrected chi connectivity index (χ1v) is 5.50. The van der Waals surface area contributed by atoms with E-state index in [1.165, 1.54) is 5.56 Å². The van der Waals surface area contributed by atoms with Gasteiger partial charge in [-0.2, -0.15) is 0 Å². The lowest BCUT2D eigenvalue weighted by Crippen LogP contribution is -2.47. The second kappa shape index (κ2) is 4.71. The second-order valence-electron chi connectivity index (χ2n) is 4.25. The zero-order chi connectivity index (χ0) is 10.7. The highest BCUT2D eigenvalue weighted by atomic mass is 19.1. The summed E-state index contributed by atoms with van der Waals surface area (Å²) < 4.78 is 13.1. The third-order valence-electron chi connectivity index (χ3n) is 3.22. The van der Waals surface area contributed by atoms with E-state index < -0.39 is 6.17 Å². The molecule has 2 rings (SSSR count). The van der Waals surface area contributed by atoms with Gasteiger partial charge < -0.3 is 4.90 Å². The molecule has 1 aromatic rings. The molecule has 0 spiro atoms. The first kappa shape index (κ1) is 10.6. The minimum absolute atomic E-state index is 0.159. The summed E-state index contributed by atoms with van der Waals surface area (Å²) in [5.41, 5.74) is 1.27. The van der Waals surface area contributed by atoms with E-state index in [9.17, 15) is 4.39 Å². The van der Waals surface area contributed by atoms with E-state index in [2.05, 4.69) is 9.88 Å². The quantitative estimate of drug-likeness (QED) is 0.753. The molecule has 82 valence electrons. The van der Waals surface area contributed by atoms with Crippen LogP contribution in [-0.2, 0) is 6.42 Å². The molecular weight excluding hydrogens is 191 g/mol. The van der Waals surface area contributed by atoms with E-state index in [4.69, 9.17) is 0 Å². The number of alkyl halides is 1. The van der Waals surface area contributed by atoms with Crippen molar-refractivity contribution in [3.63, 3.8) is 0 Å². The molecule has 1 heterocycles. The average molecular weight is 208 g/mol. The number of nitrogens with zero attached hydrogens (tertiary/aromatic N) is 2. The number of rotatable bonds is 4. The fraction of sp³-hybridized carbons (Fsp3) is 0.583. The van der Waals surface area contributed by atoms with Gasteiger partial charge in [-0.15, -0.1) is 0 Å². The van der Waals surface area contributed by atoms with E-state index in [1.54, 1.807) is 12.4 Å². The second-order valence-corrected chi connectivity index (χ2v) is 4.25. The van der Waals surface area contributed by atoms with Crippen molar-refractivity contribution in [3.8, 4) is 0 Å². The van der Waals surface area contributed by atoms with Gasteiger partial charge in [0.25, 0.3) is 0 Å². The zero-order valence-corrected chi connectivity index (χ0v) is 9.06. The molecule has 2 atom stereocenters. The third-order valence-corrected chi connectivity index (χ3v) is 3.22. The molecular formula is C12H17FN2. The molecule has 1 aromatic heterocycles. The lowest BCUT2D eigenvalue weighted by atomic mass is 9.89. The molecule has 1 fully saturated rings. The van der Waals surface area contributed by atoms with Gasteiger partial charge in [0, 0.05) is 25.0 Å². The van der Waals surface area contributed by atoms with E-state index >= 15 is 0 Å². The van der Waals surface area contributed by atoms with Gasteiger partial charge in [-0.05, 0) is 44.0 Å². The predicted octanol–water partition coefficient (Wildman–Crippen LogP) is 2.06. The normalized spacial score (nSPS) is 25.3. The first-order valence-electron chi connectivity index (χ1n) is 5.50. The van der Waals surface area contributed by atoms with Crippen molar-refractivity contribution in [3.05, 3.63) is 30.1 Å². The summed E-state index contributed by atoms with van der Waals surface area (Å²) in [5.74, 6) is 0. The Hall–Kier alpha value is -0.960. The zero-order valence-electron chi connectivity index (χ0n) is 9.06. The van der Waals surface area contributed by atoms with Gasteiger partial charge in [-0.3, -0.25) is 4.98 Å². The Labute approximate surface area is 90.1 Å². The number of hydrogen-bond acceptors (Lipinski definition) is 2. The molecule has 0 amide bonds. The van der Waals surface area contributed by atoms with Gasteiger partial charge in [0.05, 0.1) is 0 Å². The first-order chi connectivity index (χ1) is 7.27. The highest BCUT2D eigenvalue weighted by Gasteiger charge is 2.33. The van der Waals surface area contributed by atoms with E-state index in [-0.39, 0.29) is 6.04 Å². The summed E-state index contributed by atoms with van der Waals surface area (Å²) in [7, 11) is 2.01. The Balaban J connectivity index is 1.78. The number of hydrogen-bond donors (Lipinski definition) is 0. The van der Waals surface area contributed by atoms with E-state index in [0.29, 0.717) is 0 Å². The van der Waals surface area contributed by atoms with Gasteiger partial charge in [-0.25, -0.2) is 4.39 Å². The lowest BCUT2D eigenvalue weighted by molar-refractivity contribution is 0.0528. The smallest absolute Gasteiger partial charge is 0.116 e. The maximum Gasteiger partial charge on any atom is 0.116 e. The lowest BCUT2D eigenvalue weighted by Gasteiger charge is -2.38. The molecule has 0 N–H and O–H groups in total. The fourth-order valence-electron chi connectivity index (χ4n) is 1.96. The van der Waals surface area contributed by atoms with Crippen LogP contribution in [0.5, 0.6) is 0 Å². The maximum absolute atomic E-state index is 13.1. The van der Waals surface area contributed by atoms with Crippen molar-refractivity contribution < 1.29 is 4.39 Å². The molecule has 0 saturated heterocycles. The summed E-state index contributed by atoms with van der Waals surface area (Å²) in [6.07, 6.45) is 5.72. The van der Waals surface area contributed by atoms with Gasteiger partial charge >= 0.3 is 0 Å². The molecule has 2 nitrogen and oxygen atoms in total. The third kappa shape index (κ3) is 2.53. The Morgan fingerprint density at radius 1 is 1.40 bits per heavy atom. The van der Waals surface area contributed by atoms with E-state index in [0.717, 1.165) is 25.8 Å². The molecule has 0 aromatic carbocycles. The molecule has 0 bridgehead atoms. The van der Waals surface area contributed by atoms with Crippen LogP contribution in [0.1, 0.15) is 18.4 Å². The number of pyridine rings is 1. The highest BCUT2D eigenvalue weighted by Crippen LogP contribution is 2.27. The van der Waals surface area contributed by atoms with Crippen molar-refractivity contribution >= 4 is 0 Å². The molecule has 1 aliphatic carbocycles. The Bertz CT molecular complexity index is 302. The summed E-state index contributed by atoms with van der Waals surface area (Å²) in [6.45, 7) is 0.926. The van der Waals surface area contributed by atoms with Crippen molar-refractivity contribution in [2.45, 2.75) is 31.5 Å². The van der Waals surface area contributed by atoms with Gasteiger partial charge in [0.15, 0.2) is 0 Å². The van der Waals surface area contributed by atoms with Crippen LogP contribution < -0.4 is 0 Å². The van der Waals surface area contributed by atoms with Crippen LogP contribution >= 0.6 is 0 Å². The van der Waals surface area contributed by atoms with Crippen LogP contribution in [-0.4, -0.2) is 35.7 Å². The number of halogens is 1. The van der Waals surface area contributed by atoms with Gasteiger partial charge in [-0.1, -0.05) is 0 Å². The molecule has 15 heavy (non-hydrogen) atoms. The van der Waals surface area contributed by atoms with Crippen LogP contribution in [0.2, 0.25) is 0 Å². The molecule has 0 aliphatic heterocycles. The Morgan fingerprint density at radius 3 is 2.67 bits per heavy atom. The largest absolute Gasteiger partial charge is 0.300 e. The van der Waals surface area contributed by atoms with Crippen LogP contribution in [0.15, 0.2) is 24.5 Å². The summed E-state index contributed by atoms with van der Waals surface area (Å²) >= 11 is 0. The molecule has 1 saturated carbocycles. The Kier molecular flexibility index (Phi) is 3.31. The summed E-state index contributed by atoms with van der Waals surface area (Å²) in [5, 5.41) is 0. The van der Waals surface area contributed by atoms with Gasteiger partial charge in [0.2, 0.25) is 0 Å². The van der Waals surface area contributed by atoms with Crippen molar-refractivity contribution in [1.82, 2.24) is 9.88 Å². The summed E-state index contributed by atoms with van der Waals surface area (Å²) in [6, 6.07) is 4.19. The Morgan fingerprint density at radius 2 is 2.13 bits per heavy atom. The average Bonchev–Trinajstić information content (AvgIpc) is 2.26. The monoisotopic (exact) mass is 208 g/mol. The van der Waals surface area contributed by atoms with Gasteiger partial charge in [0.1, 0.15) is 6.17 Å². The predicted molar refractivity (Wildman–Crippen MR) is 58.5 cm³/mol. The molecule has 0 radical (unpaired) electrons. The minimum atomic E-state index is -0.604. The van der Waals surface area contributed by atoms with Crippen molar-refractivity contribution in [2.75, 3.05) is 13.6 Å². The van der Waals surface area contributed by atoms with E-state index in [1.807, 2.05) is 19.2 Å². The topological polar surface area (TPSA) is 16.1 Å². The summed E-state index contributed by atoms with van der Waals surface area (Å²) in [4.78, 5) is 6.11. The van der Waals surface area contributed by atoms with Crippen molar-refractivity contribution in [2.24, 2.45) is 0 Å². The van der Waals surface area contributed by atoms with Crippen LogP contribution in [0.25, 0.3) is 0 Å². The van der Waals surface area contributed by atoms with Crippen LogP contribution in [0.4, 0.5) is 4.39 Å². The molecule has 1 aliphatic rings. The number of likely N-dealkylation sites (N-methyl/N-ethyl adjacent to an activating group) is 1. The number of aromatic nitrogens is 1. The molecule has 3 heteroatoms. The minimum Gasteiger partial charge on any atom is -0.300 e. The fourth-order valence-corrected chi connectivity index (χ4v) is 1.96. The highest BCUT2D eigenvalue weighted by molar-refractivity contribution is 5.10. The SMILES string of the molecule is CN(CCc1ccncc1)C1CCC1F. The molecule has 2 unspecified atom stereocenters. The standard InChI is InChI=1S/C12H17FN2/c1-15(12-3-2-11(12)13)9-6-10-4-7-14-8-5-10/h4-5,7-8,11-12H,2-3,6,9H2,1H3. The van der Waals surface area contributed by atoms with Crippen molar-refractivity contribution in [1.29, 1.82) is 0 Å². The van der Waals surface area contributed by atoms with Crippen LogP contribution in [0.3, 0.4) is 0 Å². The maximum atomic E-state index is 13.1. The van der Waals surface area contributed by atoms with Crippen LogP contribution in [0, 0.1) is 0 Å².